The molecule has 4 aliphatic rings. The molecule has 5 heterocycles. The number of β-lactam (4-membered cyclic amide) rings is 1. The topological polar surface area (TPSA) is 207 Å². The molecule has 0 aromatic carbocycles. The fourth-order valence-electron chi connectivity index (χ4n) is 5.82. The highest BCUT2D eigenvalue weighted by Crippen LogP contribution is 2.48. The van der Waals surface area contributed by atoms with Crippen LogP contribution >= 0.6 is 11.8 Å². The number of fused-ring (bicyclic) bond motifs is 1. The first-order valence-corrected chi connectivity index (χ1v) is 13.5. The average molecular weight is 548 g/mol. The van der Waals surface area contributed by atoms with Gasteiger partial charge in [-0.15, -0.1) is 16.9 Å². The standard InChI is InChI=1S/C22H33N11O4S/c1-10-16(7-33-19(10)18(21(33)37)11(2)27-17(35)8-32-9-26-29-30-32)38-12-3-13(25-4-12)20(36)31-5-14(15(34)6-31)28-22(23)24/h7,9-15,18-19,25,34H,3-6,8H2,1-2H3,(H,27,35)(H4,23,24,28)/t10-,11+,12-,13-,14-,15+,18+,19+/m0/s1. The number of amides is 3. The second-order valence-electron chi connectivity index (χ2n) is 10.4. The maximum atomic E-state index is 13.1. The number of rotatable bonds is 8. The number of hydrogen-bond donors (Lipinski definition) is 6. The van der Waals surface area contributed by atoms with Crippen LogP contribution in [0.2, 0.25) is 0 Å². The molecule has 4 aliphatic heterocycles. The van der Waals surface area contributed by atoms with Gasteiger partial charge in [-0.1, -0.05) is 6.92 Å². The van der Waals surface area contributed by atoms with Crippen molar-refractivity contribution in [3.8, 4) is 0 Å². The molecule has 7 N–H and O–H groups in total. The van der Waals surface area contributed by atoms with Crippen molar-refractivity contribution in [2.45, 2.75) is 62.3 Å². The summed E-state index contributed by atoms with van der Waals surface area (Å²) in [7, 11) is 0. The lowest BCUT2D eigenvalue weighted by atomic mass is 9.78. The van der Waals surface area contributed by atoms with Crippen LogP contribution in [0.5, 0.6) is 0 Å². The lowest BCUT2D eigenvalue weighted by molar-refractivity contribution is -0.153. The third-order valence-electron chi connectivity index (χ3n) is 7.71. The first kappa shape index (κ1) is 26.4. The highest BCUT2D eigenvalue weighted by Gasteiger charge is 2.56. The molecule has 0 bridgehead atoms. The molecule has 3 amide bonds. The minimum Gasteiger partial charge on any atom is -0.389 e. The smallest absolute Gasteiger partial charge is 0.242 e. The molecule has 16 heteroatoms. The van der Waals surface area contributed by atoms with Crippen molar-refractivity contribution in [3.05, 3.63) is 17.4 Å². The second kappa shape index (κ2) is 10.5. The summed E-state index contributed by atoms with van der Waals surface area (Å²) in [5.74, 6) is -0.768. The minimum absolute atomic E-state index is 0.00779. The van der Waals surface area contributed by atoms with Crippen LogP contribution in [0.3, 0.4) is 0 Å². The number of tetrazole rings is 1. The Morgan fingerprint density at radius 1 is 1.39 bits per heavy atom. The van der Waals surface area contributed by atoms with E-state index in [2.05, 4.69) is 38.4 Å². The number of β-amino-alcohol motifs (C(OH)–C–C–N with tert-alkyl or cyclic N) is 1. The van der Waals surface area contributed by atoms with Gasteiger partial charge >= 0.3 is 0 Å². The number of aliphatic hydroxyl groups is 1. The summed E-state index contributed by atoms with van der Waals surface area (Å²) in [4.78, 5) is 42.8. The van der Waals surface area contributed by atoms with Gasteiger partial charge in [0.15, 0.2) is 5.96 Å². The van der Waals surface area contributed by atoms with E-state index >= 15 is 0 Å². The van der Waals surface area contributed by atoms with Gasteiger partial charge in [0.1, 0.15) is 12.9 Å². The summed E-state index contributed by atoms with van der Waals surface area (Å²) >= 11 is 1.69. The Morgan fingerprint density at radius 2 is 2.18 bits per heavy atom. The summed E-state index contributed by atoms with van der Waals surface area (Å²) in [5, 5.41) is 37.4. The van der Waals surface area contributed by atoms with Crippen molar-refractivity contribution in [3.63, 3.8) is 0 Å². The molecule has 0 unspecified atom stereocenters. The van der Waals surface area contributed by atoms with E-state index in [1.165, 1.54) is 11.0 Å². The van der Waals surface area contributed by atoms with Crippen LogP contribution < -0.4 is 21.7 Å². The highest BCUT2D eigenvalue weighted by molar-refractivity contribution is 8.03. The second-order valence-corrected chi connectivity index (χ2v) is 11.7. The molecule has 0 spiro atoms. The predicted octanol–water partition coefficient (Wildman–Crippen LogP) is -2.99. The molecule has 0 saturated carbocycles. The van der Waals surface area contributed by atoms with Crippen molar-refractivity contribution in [1.29, 1.82) is 5.41 Å². The quantitative estimate of drug-likeness (QED) is 0.110. The third kappa shape index (κ3) is 5.07. The summed E-state index contributed by atoms with van der Waals surface area (Å²) in [6.45, 7) is 5.08. The van der Waals surface area contributed by atoms with Gasteiger partial charge in [0, 0.05) is 47.9 Å². The van der Waals surface area contributed by atoms with Crippen LogP contribution in [0, 0.1) is 17.2 Å². The highest BCUT2D eigenvalue weighted by atomic mass is 32.2. The van der Waals surface area contributed by atoms with Gasteiger partial charge in [-0.3, -0.25) is 19.8 Å². The molecule has 3 fully saturated rings. The summed E-state index contributed by atoms with van der Waals surface area (Å²) < 4.78 is 1.33. The van der Waals surface area contributed by atoms with Crippen molar-refractivity contribution in [1.82, 2.24) is 46.0 Å². The zero-order chi connectivity index (χ0) is 27.1. The molecule has 3 saturated heterocycles. The van der Waals surface area contributed by atoms with E-state index in [1.807, 2.05) is 13.1 Å². The number of carbonyl (C=O) groups excluding carboxylic acids is 3. The van der Waals surface area contributed by atoms with Gasteiger partial charge < -0.3 is 36.6 Å². The van der Waals surface area contributed by atoms with E-state index in [0.717, 1.165) is 4.91 Å². The number of aromatic nitrogens is 4. The normalized spacial score (nSPS) is 33.0. The third-order valence-corrected chi connectivity index (χ3v) is 9.16. The summed E-state index contributed by atoms with van der Waals surface area (Å²) in [6.07, 6.45) is 3.13. The Hall–Kier alpha value is -3.24. The largest absolute Gasteiger partial charge is 0.389 e. The number of carbonyl (C=O) groups is 3. The van der Waals surface area contributed by atoms with Crippen molar-refractivity contribution < 1.29 is 19.5 Å². The zero-order valence-electron chi connectivity index (χ0n) is 21.1. The molecule has 8 atom stereocenters. The van der Waals surface area contributed by atoms with E-state index in [-0.39, 0.29) is 72.0 Å². The minimum atomic E-state index is -0.777. The first-order valence-electron chi connectivity index (χ1n) is 12.6. The Kier molecular flexibility index (Phi) is 7.28. The fraction of sp³-hybridized carbons (Fsp3) is 0.682. The number of nitrogens with zero attached hydrogens (tertiary/aromatic N) is 6. The number of hydrogen-bond acceptors (Lipinski definition) is 10. The van der Waals surface area contributed by atoms with Crippen LogP contribution in [-0.2, 0) is 20.9 Å². The molecule has 15 nitrogen and oxygen atoms in total. The average Bonchev–Trinajstić information content (AvgIpc) is 3.64. The Labute approximate surface area is 223 Å². The fourth-order valence-corrected chi connectivity index (χ4v) is 7.20. The maximum absolute atomic E-state index is 13.1. The molecular weight excluding hydrogens is 514 g/mol. The van der Waals surface area contributed by atoms with E-state index in [1.54, 1.807) is 21.6 Å². The number of aliphatic hydroxyl groups excluding tert-OH is 1. The van der Waals surface area contributed by atoms with Crippen LogP contribution in [0.25, 0.3) is 0 Å². The molecule has 206 valence electrons. The van der Waals surface area contributed by atoms with Gasteiger partial charge in [-0.25, -0.2) is 4.68 Å². The van der Waals surface area contributed by atoms with Crippen LogP contribution in [-0.4, -0.2) is 114 Å². The first-order chi connectivity index (χ1) is 18.1. The molecule has 38 heavy (non-hydrogen) atoms. The number of guanidine groups is 1. The molecule has 0 aliphatic carbocycles. The summed E-state index contributed by atoms with van der Waals surface area (Å²) in [6, 6.07) is -1.15. The molecule has 1 aromatic heterocycles. The van der Waals surface area contributed by atoms with Crippen molar-refractivity contribution in [2.75, 3.05) is 19.6 Å². The molecule has 1 aromatic rings. The number of thioether (sulfide) groups is 1. The van der Waals surface area contributed by atoms with Gasteiger partial charge in [-0.05, 0) is 23.8 Å². The Bertz CT molecular complexity index is 1130. The van der Waals surface area contributed by atoms with Crippen LogP contribution in [0.1, 0.15) is 20.3 Å². The Balaban J connectivity index is 1.12. The SMILES string of the molecule is C[C@@H](NC(=O)Cn1cnnn1)[C@H]1C(=O)N2C=C(S[C@@H]3CN[C@H](C(=O)N4C[C@@H](O)[C@@H](NC(=N)N)C4)C3)[C@H](C)[C@H]12. The van der Waals surface area contributed by atoms with E-state index in [9.17, 15) is 19.5 Å². The van der Waals surface area contributed by atoms with Gasteiger partial charge in [0.25, 0.3) is 0 Å². The predicted molar refractivity (Wildman–Crippen MR) is 136 cm³/mol. The van der Waals surface area contributed by atoms with Gasteiger partial charge in [0.05, 0.1) is 30.1 Å². The number of likely N-dealkylation sites (tertiary alicyclic amines) is 1. The molecule has 0 radical (unpaired) electrons. The van der Waals surface area contributed by atoms with Crippen molar-refractivity contribution >= 4 is 35.4 Å². The van der Waals surface area contributed by atoms with Gasteiger partial charge in [-0.2, -0.15) is 0 Å². The molecule has 5 rings (SSSR count). The Morgan fingerprint density at radius 3 is 2.89 bits per heavy atom. The van der Waals surface area contributed by atoms with E-state index < -0.39 is 12.1 Å². The maximum Gasteiger partial charge on any atom is 0.242 e. The van der Waals surface area contributed by atoms with E-state index in [4.69, 9.17) is 11.1 Å². The monoisotopic (exact) mass is 547 g/mol. The van der Waals surface area contributed by atoms with Crippen LogP contribution in [0.4, 0.5) is 0 Å². The van der Waals surface area contributed by atoms with Crippen molar-refractivity contribution in [2.24, 2.45) is 17.6 Å². The van der Waals surface area contributed by atoms with E-state index in [0.29, 0.717) is 19.5 Å². The zero-order valence-corrected chi connectivity index (χ0v) is 22.0. The number of nitrogens with one attached hydrogen (secondary N) is 4. The summed E-state index contributed by atoms with van der Waals surface area (Å²) in [5.41, 5.74) is 5.38. The molecular formula is C22H33N11O4S. The van der Waals surface area contributed by atoms with Gasteiger partial charge in [0.2, 0.25) is 17.7 Å². The lowest BCUT2D eigenvalue weighted by Crippen LogP contribution is -2.64. The lowest BCUT2D eigenvalue weighted by Gasteiger charge is -2.46. The number of nitrogens with two attached hydrogens (primary N) is 1. The van der Waals surface area contributed by atoms with Crippen LogP contribution in [0.15, 0.2) is 17.4 Å².